The Morgan fingerprint density at radius 1 is 0.532 bits per heavy atom. The molecular weight excluding hydrogens is 757 g/mol. The number of fused-ring (bicyclic) bond motifs is 6. The van der Waals surface area contributed by atoms with E-state index < -0.39 is 0 Å². The molecule has 5 heteroatoms. The zero-order chi connectivity index (χ0) is 41.0. The van der Waals surface area contributed by atoms with Crippen molar-refractivity contribution >= 4 is 55.2 Å². The fourth-order valence-electron chi connectivity index (χ4n) is 9.67. The predicted molar refractivity (Wildman–Crippen MR) is 256 cm³/mol. The van der Waals surface area contributed by atoms with Crippen LogP contribution in [0.2, 0.25) is 0 Å². The summed E-state index contributed by atoms with van der Waals surface area (Å²) < 4.78 is 9.40. The highest BCUT2D eigenvalue weighted by Crippen LogP contribution is 2.42. The lowest BCUT2D eigenvalue weighted by molar-refractivity contribution is 0.342. The van der Waals surface area contributed by atoms with E-state index in [1.807, 2.05) is 0 Å². The minimum absolute atomic E-state index is 0.158. The Hall–Kier alpha value is -7.73. The van der Waals surface area contributed by atoms with Crippen molar-refractivity contribution in [2.45, 2.75) is 18.8 Å². The van der Waals surface area contributed by atoms with Gasteiger partial charge in [-0.1, -0.05) is 176 Å². The molecule has 2 N–H and O–H groups in total. The number of rotatable bonds is 7. The van der Waals surface area contributed by atoms with Crippen LogP contribution in [0.4, 0.5) is 0 Å². The summed E-state index contributed by atoms with van der Waals surface area (Å²) in [6, 6.07) is 69.2. The van der Waals surface area contributed by atoms with Gasteiger partial charge in [-0.2, -0.15) is 0 Å². The van der Waals surface area contributed by atoms with E-state index in [1.165, 1.54) is 44.2 Å². The van der Waals surface area contributed by atoms with Gasteiger partial charge in [0, 0.05) is 38.6 Å². The molecule has 1 aliphatic heterocycles. The summed E-state index contributed by atoms with van der Waals surface area (Å²) in [4.78, 5) is 5.36. The lowest BCUT2D eigenvalue weighted by Crippen LogP contribution is -2.51. The number of hydrogen-bond donors (Lipinski definition) is 2. The molecule has 0 fully saturated rings. The second kappa shape index (κ2) is 15.1. The van der Waals surface area contributed by atoms with Crippen molar-refractivity contribution in [3.8, 4) is 27.9 Å². The van der Waals surface area contributed by atoms with Crippen molar-refractivity contribution < 1.29 is 4.42 Å². The molecule has 3 heterocycles. The molecule has 2 aliphatic rings. The Bertz CT molecular complexity index is 3280. The lowest BCUT2D eigenvalue weighted by atomic mass is 9.87. The first-order chi connectivity index (χ1) is 30.7. The predicted octanol–water partition coefficient (Wildman–Crippen LogP) is 13.6. The summed E-state index contributed by atoms with van der Waals surface area (Å²) in [5.74, 6) is 1.04. The lowest BCUT2D eigenvalue weighted by Gasteiger charge is -2.36. The molecule has 2 aromatic heterocycles. The van der Waals surface area contributed by atoms with Gasteiger partial charge >= 0.3 is 0 Å². The number of amidine groups is 1. The van der Waals surface area contributed by atoms with E-state index in [1.54, 1.807) is 0 Å². The highest BCUT2D eigenvalue weighted by atomic mass is 16.3. The number of hydrogen-bond acceptors (Lipinski definition) is 4. The van der Waals surface area contributed by atoms with Crippen LogP contribution in [0.1, 0.15) is 29.3 Å². The quantitative estimate of drug-likeness (QED) is 0.169. The van der Waals surface area contributed by atoms with Crippen LogP contribution in [0.3, 0.4) is 0 Å². The van der Waals surface area contributed by atoms with Gasteiger partial charge in [-0.3, -0.25) is 5.32 Å². The maximum absolute atomic E-state index is 7.02. The molecule has 10 aromatic rings. The zero-order valence-electron chi connectivity index (χ0n) is 33.9. The van der Waals surface area contributed by atoms with Gasteiger partial charge in [0.05, 0.1) is 16.7 Å². The molecule has 3 unspecified atom stereocenters. The van der Waals surface area contributed by atoms with Crippen LogP contribution in [-0.4, -0.2) is 16.6 Å². The number of furan rings is 1. The number of aromatic nitrogens is 1. The van der Waals surface area contributed by atoms with E-state index in [-0.39, 0.29) is 18.2 Å². The Morgan fingerprint density at radius 3 is 1.77 bits per heavy atom. The van der Waals surface area contributed by atoms with Gasteiger partial charge in [-0.15, -0.1) is 0 Å². The van der Waals surface area contributed by atoms with Gasteiger partial charge in [0.2, 0.25) is 0 Å². The summed E-state index contributed by atoms with van der Waals surface area (Å²) in [6.45, 7) is 0. The maximum Gasteiger partial charge on any atom is 0.159 e. The van der Waals surface area contributed by atoms with Crippen LogP contribution < -0.4 is 10.6 Å². The van der Waals surface area contributed by atoms with Crippen LogP contribution in [0.15, 0.2) is 222 Å². The van der Waals surface area contributed by atoms with Crippen molar-refractivity contribution in [2.24, 2.45) is 10.9 Å². The van der Waals surface area contributed by atoms with Crippen LogP contribution in [-0.2, 0) is 0 Å². The normalized spacial score (nSPS) is 17.6. The molecule has 296 valence electrons. The largest absolute Gasteiger partial charge is 0.454 e. The minimum atomic E-state index is -0.235. The zero-order valence-corrected chi connectivity index (χ0v) is 33.9. The molecule has 8 aromatic carbocycles. The van der Waals surface area contributed by atoms with Crippen LogP contribution in [0, 0.1) is 5.92 Å². The van der Waals surface area contributed by atoms with Gasteiger partial charge in [-0.05, 0) is 76.2 Å². The maximum atomic E-state index is 7.02. The van der Waals surface area contributed by atoms with Crippen molar-refractivity contribution in [3.05, 3.63) is 229 Å². The Morgan fingerprint density at radius 2 is 1.13 bits per heavy atom. The smallest absolute Gasteiger partial charge is 0.159 e. The van der Waals surface area contributed by atoms with Gasteiger partial charge in [0.25, 0.3) is 0 Å². The molecule has 3 atom stereocenters. The molecule has 0 spiro atoms. The van der Waals surface area contributed by atoms with Crippen LogP contribution in [0.5, 0.6) is 0 Å². The number of benzene rings is 8. The molecular formula is C57H42N4O. The highest BCUT2D eigenvalue weighted by molar-refractivity contribution is 6.15. The summed E-state index contributed by atoms with van der Waals surface area (Å²) in [5.41, 5.74) is 14.5. The topological polar surface area (TPSA) is 54.5 Å². The molecule has 1 aliphatic carbocycles. The molecule has 0 saturated carbocycles. The van der Waals surface area contributed by atoms with E-state index in [4.69, 9.17) is 9.41 Å². The summed E-state index contributed by atoms with van der Waals surface area (Å²) >= 11 is 0. The van der Waals surface area contributed by atoms with Crippen LogP contribution in [0.25, 0.3) is 77.3 Å². The third-order valence-corrected chi connectivity index (χ3v) is 12.7. The monoisotopic (exact) mass is 798 g/mol. The van der Waals surface area contributed by atoms with Gasteiger partial charge in [0.1, 0.15) is 23.8 Å². The van der Waals surface area contributed by atoms with Gasteiger partial charge in [-0.25, -0.2) is 4.99 Å². The van der Waals surface area contributed by atoms with Gasteiger partial charge < -0.3 is 14.3 Å². The fourth-order valence-corrected chi connectivity index (χ4v) is 9.67. The van der Waals surface area contributed by atoms with Crippen molar-refractivity contribution in [1.82, 2.24) is 15.2 Å². The van der Waals surface area contributed by atoms with Crippen LogP contribution >= 0.6 is 0 Å². The van der Waals surface area contributed by atoms with E-state index in [2.05, 4.69) is 228 Å². The molecule has 0 amide bonds. The highest BCUT2D eigenvalue weighted by Gasteiger charge is 2.32. The van der Waals surface area contributed by atoms with E-state index >= 15 is 0 Å². The molecule has 62 heavy (non-hydrogen) atoms. The third-order valence-electron chi connectivity index (χ3n) is 12.7. The second-order valence-electron chi connectivity index (χ2n) is 16.4. The van der Waals surface area contributed by atoms with Crippen molar-refractivity contribution in [1.29, 1.82) is 0 Å². The Kier molecular flexibility index (Phi) is 8.79. The molecule has 5 nitrogen and oxygen atoms in total. The Labute approximate surface area is 360 Å². The summed E-state index contributed by atoms with van der Waals surface area (Å²) in [7, 11) is 0. The van der Waals surface area contributed by atoms with Crippen molar-refractivity contribution in [2.75, 3.05) is 0 Å². The third kappa shape index (κ3) is 6.25. The standard InChI is InChI=1S/C57H42N4O/c1-5-16-37(17-6-1)41-24-13-25-44(34-41)56-58-55(40-22-11-4-12-23-40)59-57(60-56)46-27-15-29-52-53(46)45-26-14-28-51(54(45)62-52)61-49-32-30-42(38-18-7-2-8-19-38)35-47(49)48-36-43(31-33-50(48)61)39-20-9-3-10-21-39/h1-33,35-36,44,56-57,60H,34H2,(H,58,59). The summed E-state index contributed by atoms with van der Waals surface area (Å²) in [6.07, 6.45) is 7.22. The molecule has 12 rings (SSSR count). The average molecular weight is 799 g/mol. The molecule has 0 radical (unpaired) electrons. The van der Waals surface area contributed by atoms with E-state index in [9.17, 15) is 0 Å². The first-order valence-corrected chi connectivity index (χ1v) is 21.5. The number of aliphatic imine (C=N–C) groups is 1. The fraction of sp³-hybridized carbons (Fsp3) is 0.0702. The molecule has 0 bridgehead atoms. The number of nitrogens with one attached hydrogen (secondary N) is 2. The SMILES string of the molecule is C1=CC(C2N=C(c3ccccc3)NC(c3cccc4oc5c(-n6c7ccc(-c8ccccc8)cc7c7cc(-c8ccccc8)ccc76)cccc5c34)N2)CC(c2ccccc2)=C1. The first-order valence-electron chi connectivity index (χ1n) is 21.5. The first kappa shape index (κ1) is 36.1. The minimum Gasteiger partial charge on any atom is -0.454 e. The number of para-hydroxylation sites is 1. The molecule has 0 saturated heterocycles. The number of nitrogens with zero attached hydrogens (tertiary/aromatic N) is 2. The van der Waals surface area contributed by atoms with Gasteiger partial charge in [0.15, 0.2) is 5.58 Å². The Balaban J connectivity index is 0.998. The van der Waals surface area contributed by atoms with E-state index in [0.717, 1.165) is 62.0 Å². The van der Waals surface area contributed by atoms with Crippen molar-refractivity contribution in [3.63, 3.8) is 0 Å². The summed E-state index contributed by atoms with van der Waals surface area (Å²) in [5, 5.41) is 12.3. The second-order valence-corrected chi connectivity index (χ2v) is 16.4. The number of allylic oxidation sites excluding steroid dienone is 3. The average Bonchev–Trinajstić information content (AvgIpc) is 3.90. The van der Waals surface area contributed by atoms with E-state index in [0.29, 0.717) is 0 Å².